The number of hydrogen-bond acceptors (Lipinski definition) is 2. The first kappa shape index (κ1) is 11.7. The van der Waals surface area contributed by atoms with Crippen molar-refractivity contribution in [3.8, 4) is 0 Å². The molecule has 1 saturated heterocycles. The molecule has 3 nitrogen and oxygen atoms in total. The molecule has 1 fully saturated rings. The maximum atomic E-state index is 5.30. The molecular formula is C10H20N2OS. The molecule has 0 aliphatic carbocycles. The molecule has 0 atom stereocenters. The lowest BCUT2D eigenvalue weighted by atomic mass is 10.0. The molecule has 4 heteroatoms. The highest BCUT2D eigenvalue weighted by atomic mass is 32.1. The second-order valence-electron chi connectivity index (χ2n) is 3.69. The van der Waals surface area contributed by atoms with E-state index >= 15 is 0 Å². The first-order chi connectivity index (χ1) is 6.83. The fraction of sp³-hybridized carbons (Fsp3) is 0.900. The first-order valence-corrected chi connectivity index (χ1v) is 5.83. The van der Waals surface area contributed by atoms with Crippen molar-refractivity contribution in [1.82, 2.24) is 10.6 Å². The van der Waals surface area contributed by atoms with E-state index in [9.17, 15) is 0 Å². The molecule has 0 aromatic carbocycles. The summed E-state index contributed by atoms with van der Waals surface area (Å²) in [6.07, 6.45) is 3.42. The van der Waals surface area contributed by atoms with Crippen LogP contribution in [0.3, 0.4) is 0 Å². The predicted octanol–water partition coefficient (Wildman–Crippen LogP) is 1.29. The van der Waals surface area contributed by atoms with Crippen LogP contribution in [0.1, 0.15) is 26.2 Å². The summed E-state index contributed by atoms with van der Waals surface area (Å²) in [5.41, 5.74) is 0. The van der Waals surface area contributed by atoms with Gasteiger partial charge in [0.1, 0.15) is 0 Å². The normalized spacial score (nSPS) is 17.8. The standard InChI is InChI=1S/C10H20N2OS/c1-2-5-11-10(14)12-8-9-3-6-13-7-4-9/h9H,2-8H2,1H3,(H2,11,12,14). The number of hydrogen-bond donors (Lipinski definition) is 2. The average molecular weight is 216 g/mol. The molecule has 14 heavy (non-hydrogen) atoms. The minimum atomic E-state index is 0.727. The highest BCUT2D eigenvalue weighted by Crippen LogP contribution is 2.12. The van der Waals surface area contributed by atoms with E-state index in [0.29, 0.717) is 0 Å². The van der Waals surface area contributed by atoms with E-state index in [1.54, 1.807) is 0 Å². The van der Waals surface area contributed by atoms with E-state index in [2.05, 4.69) is 17.6 Å². The van der Waals surface area contributed by atoms with Gasteiger partial charge in [-0.15, -0.1) is 0 Å². The van der Waals surface area contributed by atoms with Crippen molar-refractivity contribution >= 4 is 17.3 Å². The van der Waals surface area contributed by atoms with Gasteiger partial charge in [0, 0.05) is 26.3 Å². The van der Waals surface area contributed by atoms with Gasteiger partial charge >= 0.3 is 0 Å². The highest BCUT2D eigenvalue weighted by molar-refractivity contribution is 7.80. The Bertz CT molecular complexity index is 170. The van der Waals surface area contributed by atoms with Crippen LogP contribution in [0.25, 0.3) is 0 Å². The topological polar surface area (TPSA) is 33.3 Å². The van der Waals surface area contributed by atoms with Crippen LogP contribution in [0.4, 0.5) is 0 Å². The molecule has 0 unspecified atom stereocenters. The summed E-state index contributed by atoms with van der Waals surface area (Å²) in [6.45, 7) is 5.88. The Hall–Kier alpha value is -0.350. The van der Waals surface area contributed by atoms with E-state index < -0.39 is 0 Å². The molecule has 1 aliphatic heterocycles. The lowest BCUT2D eigenvalue weighted by Gasteiger charge is -2.22. The predicted molar refractivity (Wildman–Crippen MR) is 62.4 cm³/mol. The molecule has 0 spiro atoms. The zero-order chi connectivity index (χ0) is 10.2. The molecule has 0 radical (unpaired) electrons. The van der Waals surface area contributed by atoms with E-state index in [0.717, 1.165) is 56.6 Å². The van der Waals surface area contributed by atoms with E-state index in [-0.39, 0.29) is 0 Å². The Morgan fingerprint density at radius 3 is 2.71 bits per heavy atom. The van der Waals surface area contributed by atoms with Gasteiger partial charge in [-0.3, -0.25) is 0 Å². The van der Waals surface area contributed by atoms with Crippen molar-refractivity contribution in [3.05, 3.63) is 0 Å². The highest BCUT2D eigenvalue weighted by Gasteiger charge is 2.13. The van der Waals surface area contributed by atoms with E-state index in [1.807, 2.05) is 0 Å². The fourth-order valence-electron chi connectivity index (χ4n) is 1.49. The van der Waals surface area contributed by atoms with Gasteiger partial charge in [0.25, 0.3) is 0 Å². The fourth-order valence-corrected chi connectivity index (χ4v) is 1.67. The van der Waals surface area contributed by atoms with Gasteiger partial charge in [0.05, 0.1) is 0 Å². The van der Waals surface area contributed by atoms with Crippen molar-refractivity contribution in [2.45, 2.75) is 26.2 Å². The van der Waals surface area contributed by atoms with Crippen LogP contribution in [0.5, 0.6) is 0 Å². The maximum Gasteiger partial charge on any atom is 0.166 e. The number of rotatable bonds is 4. The van der Waals surface area contributed by atoms with Gasteiger partial charge in [0.15, 0.2) is 5.11 Å². The summed E-state index contributed by atoms with van der Waals surface area (Å²) >= 11 is 5.13. The zero-order valence-electron chi connectivity index (χ0n) is 8.84. The molecule has 2 N–H and O–H groups in total. The summed E-state index contributed by atoms with van der Waals surface area (Å²) in [5.74, 6) is 0.727. The van der Waals surface area contributed by atoms with Crippen molar-refractivity contribution in [3.63, 3.8) is 0 Å². The third kappa shape index (κ3) is 4.77. The Morgan fingerprint density at radius 2 is 2.07 bits per heavy atom. The van der Waals surface area contributed by atoms with Crippen molar-refractivity contribution in [1.29, 1.82) is 0 Å². The molecule has 1 aliphatic rings. The summed E-state index contributed by atoms with van der Waals surface area (Å²) in [6, 6.07) is 0. The smallest absolute Gasteiger partial charge is 0.166 e. The minimum absolute atomic E-state index is 0.727. The van der Waals surface area contributed by atoms with Crippen LogP contribution < -0.4 is 10.6 Å². The Labute approximate surface area is 91.6 Å². The van der Waals surface area contributed by atoms with Gasteiger partial charge in [-0.1, -0.05) is 6.92 Å². The van der Waals surface area contributed by atoms with Crippen LogP contribution in [-0.4, -0.2) is 31.4 Å². The zero-order valence-corrected chi connectivity index (χ0v) is 9.66. The van der Waals surface area contributed by atoms with Crippen molar-refractivity contribution in [2.75, 3.05) is 26.3 Å². The van der Waals surface area contributed by atoms with Gasteiger partial charge in [-0.25, -0.2) is 0 Å². The van der Waals surface area contributed by atoms with Crippen molar-refractivity contribution < 1.29 is 4.74 Å². The minimum Gasteiger partial charge on any atom is -0.381 e. The van der Waals surface area contributed by atoms with Gasteiger partial charge in [-0.05, 0) is 37.4 Å². The summed E-state index contributed by atoms with van der Waals surface area (Å²) < 4.78 is 5.30. The lowest BCUT2D eigenvalue weighted by Crippen LogP contribution is -2.39. The molecule has 0 aromatic heterocycles. The molecule has 1 rings (SSSR count). The molecule has 0 amide bonds. The molecule has 1 heterocycles. The third-order valence-corrected chi connectivity index (χ3v) is 2.72. The first-order valence-electron chi connectivity index (χ1n) is 5.42. The summed E-state index contributed by atoms with van der Waals surface area (Å²) in [4.78, 5) is 0. The molecule has 0 saturated carbocycles. The van der Waals surface area contributed by atoms with Crippen LogP contribution in [0.2, 0.25) is 0 Å². The van der Waals surface area contributed by atoms with Crippen LogP contribution in [0, 0.1) is 5.92 Å². The molecule has 0 bridgehead atoms. The Balaban J connectivity index is 2.03. The van der Waals surface area contributed by atoms with Crippen LogP contribution >= 0.6 is 12.2 Å². The molecular weight excluding hydrogens is 196 g/mol. The SMILES string of the molecule is CCCNC(=S)NCC1CCOCC1. The Kier molecular flexibility index (Phi) is 5.87. The van der Waals surface area contributed by atoms with Crippen LogP contribution in [0.15, 0.2) is 0 Å². The molecule has 0 aromatic rings. The second-order valence-corrected chi connectivity index (χ2v) is 4.10. The number of thiocarbonyl (C=S) groups is 1. The maximum absolute atomic E-state index is 5.30. The number of nitrogens with one attached hydrogen (secondary N) is 2. The van der Waals surface area contributed by atoms with E-state index in [1.165, 1.54) is 0 Å². The number of ether oxygens (including phenoxy) is 1. The summed E-state index contributed by atoms with van der Waals surface area (Å²) in [5, 5.41) is 7.20. The Morgan fingerprint density at radius 1 is 1.36 bits per heavy atom. The van der Waals surface area contributed by atoms with Gasteiger partial charge < -0.3 is 15.4 Å². The van der Waals surface area contributed by atoms with Gasteiger partial charge in [-0.2, -0.15) is 0 Å². The third-order valence-electron chi connectivity index (χ3n) is 2.43. The van der Waals surface area contributed by atoms with Crippen molar-refractivity contribution in [2.24, 2.45) is 5.92 Å². The largest absolute Gasteiger partial charge is 0.381 e. The van der Waals surface area contributed by atoms with E-state index in [4.69, 9.17) is 17.0 Å². The quantitative estimate of drug-likeness (QED) is 0.694. The lowest BCUT2D eigenvalue weighted by molar-refractivity contribution is 0.0676. The average Bonchev–Trinajstić information content (AvgIpc) is 2.25. The monoisotopic (exact) mass is 216 g/mol. The van der Waals surface area contributed by atoms with Crippen LogP contribution in [-0.2, 0) is 4.74 Å². The van der Waals surface area contributed by atoms with Gasteiger partial charge in [0.2, 0.25) is 0 Å². The molecule has 82 valence electrons. The second kappa shape index (κ2) is 7.01. The summed E-state index contributed by atoms with van der Waals surface area (Å²) in [7, 11) is 0.